The van der Waals surface area contributed by atoms with Crippen LogP contribution in [0, 0.1) is 0 Å². The minimum absolute atomic E-state index is 0.152. The third-order valence-corrected chi connectivity index (χ3v) is 8.56. The van der Waals surface area contributed by atoms with Gasteiger partial charge in [-0.05, 0) is 36.1 Å². The van der Waals surface area contributed by atoms with Gasteiger partial charge in [-0.1, -0.05) is 97.1 Å². The second-order valence-electron chi connectivity index (χ2n) is 7.51. The lowest BCUT2D eigenvalue weighted by Gasteiger charge is -2.24. The van der Waals surface area contributed by atoms with Crippen LogP contribution in [-0.4, -0.2) is 13.9 Å². The molecule has 0 unspecified atom stereocenters. The second kappa shape index (κ2) is 7.84. The molecule has 0 radical (unpaired) electrons. The summed E-state index contributed by atoms with van der Waals surface area (Å²) in [6.07, 6.45) is 0.948. The predicted octanol–water partition coefficient (Wildman–Crippen LogP) is 5.71. The molecule has 0 amide bonds. The molecule has 3 aromatic rings. The standard InChI is InChI=1S/C24H26OSi/c1-19(25)24-21(13-10-16-23(24)20-11-6-4-7-12-20)17-18-26(2,3)22-14-8-5-9-15-22/h4-16H,17-18H2,1-3H3. The SMILES string of the molecule is CC(=O)c1c(CC[Si](C)(C)c2ccccc2)cccc1-c1ccccc1. The molecule has 26 heavy (non-hydrogen) atoms. The highest BCUT2D eigenvalue weighted by atomic mass is 28.3. The first-order valence-corrected chi connectivity index (χ1v) is 12.4. The van der Waals surface area contributed by atoms with Crippen LogP contribution in [0.15, 0.2) is 78.9 Å². The molecule has 0 atom stereocenters. The van der Waals surface area contributed by atoms with Gasteiger partial charge in [0.25, 0.3) is 0 Å². The molecular formula is C24H26OSi. The quantitative estimate of drug-likeness (QED) is 0.407. The summed E-state index contributed by atoms with van der Waals surface area (Å²) in [5.74, 6) is 0.152. The van der Waals surface area contributed by atoms with Gasteiger partial charge in [0.05, 0.1) is 8.07 Å². The second-order valence-corrected chi connectivity index (χ2v) is 12.4. The zero-order valence-corrected chi connectivity index (χ0v) is 16.8. The number of carbonyl (C=O) groups is 1. The van der Waals surface area contributed by atoms with Gasteiger partial charge in [0, 0.05) is 5.56 Å². The van der Waals surface area contributed by atoms with Gasteiger partial charge in [-0.15, -0.1) is 0 Å². The smallest absolute Gasteiger partial charge is 0.160 e. The molecule has 0 heterocycles. The summed E-state index contributed by atoms with van der Waals surface area (Å²) in [6.45, 7) is 6.51. The van der Waals surface area contributed by atoms with Crippen LogP contribution < -0.4 is 5.19 Å². The molecule has 0 N–H and O–H groups in total. The first-order chi connectivity index (χ1) is 12.5. The molecule has 0 aliphatic heterocycles. The van der Waals surface area contributed by atoms with Gasteiger partial charge >= 0.3 is 0 Å². The fraction of sp³-hybridized carbons (Fsp3) is 0.208. The Morgan fingerprint density at radius 2 is 1.42 bits per heavy atom. The summed E-state index contributed by atoms with van der Waals surface area (Å²) in [5, 5.41) is 1.48. The monoisotopic (exact) mass is 358 g/mol. The van der Waals surface area contributed by atoms with Crippen molar-refractivity contribution < 1.29 is 4.79 Å². The maximum Gasteiger partial charge on any atom is 0.160 e. The van der Waals surface area contributed by atoms with Crippen LogP contribution in [0.4, 0.5) is 0 Å². The molecule has 132 valence electrons. The number of ketones is 1. The van der Waals surface area contributed by atoms with Crippen molar-refractivity contribution in [1.82, 2.24) is 0 Å². The Labute approximate surface area is 157 Å². The minimum atomic E-state index is -1.53. The van der Waals surface area contributed by atoms with E-state index in [1.165, 1.54) is 10.8 Å². The van der Waals surface area contributed by atoms with E-state index in [2.05, 4.69) is 73.8 Å². The van der Waals surface area contributed by atoms with Gasteiger partial charge in [-0.2, -0.15) is 0 Å². The molecule has 2 heteroatoms. The Kier molecular flexibility index (Phi) is 5.53. The summed E-state index contributed by atoms with van der Waals surface area (Å²) in [4.78, 5) is 12.5. The molecule has 0 saturated carbocycles. The Morgan fingerprint density at radius 1 is 0.808 bits per heavy atom. The third-order valence-electron chi connectivity index (χ3n) is 5.16. The number of Topliss-reactive ketones (excluding diaryl/α,β-unsaturated/α-hetero) is 1. The Balaban J connectivity index is 1.92. The lowest BCUT2D eigenvalue weighted by molar-refractivity contribution is 0.101. The van der Waals surface area contributed by atoms with Crippen LogP contribution in [0.1, 0.15) is 22.8 Å². The molecule has 0 saturated heterocycles. The molecule has 0 bridgehead atoms. The molecule has 0 aliphatic rings. The van der Waals surface area contributed by atoms with E-state index < -0.39 is 8.07 Å². The van der Waals surface area contributed by atoms with Crippen LogP contribution in [0.5, 0.6) is 0 Å². The van der Waals surface area contributed by atoms with E-state index in [4.69, 9.17) is 0 Å². The molecule has 0 fully saturated rings. The molecule has 0 aliphatic carbocycles. The van der Waals surface area contributed by atoms with Gasteiger partial charge in [0.15, 0.2) is 5.78 Å². The molecule has 3 aromatic carbocycles. The maximum atomic E-state index is 12.5. The molecular weight excluding hydrogens is 332 g/mol. The Hall–Kier alpha value is -2.45. The van der Waals surface area contributed by atoms with E-state index in [9.17, 15) is 4.79 Å². The average molecular weight is 359 g/mol. The van der Waals surface area contributed by atoms with Crippen molar-refractivity contribution >= 4 is 19.0 Å². The van der Waals surface area contributed by atoms with Crippen LogP contribution >= 0.6 is 0 Å². The van der Waals surface area contributed by atoms with Gasteiger partial charge < -0.3 is 0 Å². The van der Waals surface area contributed by atoms with E-state index >= 15 is 0 Å². The number of hydrogen-bond donors (Lipinski definition) is 0. The van der Waals surface area contributed by atoms with Crippen molar-refractivity contribution in [1.29, 1.82) is 0 Å². The summed E-state index contributed by atoms with van der Waals surface area (Å²) >= 11 is 0. The van der Waals surface area contributed by atoms with Crippen molar-refractivity contribution in [3.05, 3.63) is 90.0 Å². The number of carbonyl (C=O) groups excluding carboxylic acids is 1. The average Bonchev–Trinajstić information content (AvgIpc) is 2.67. The largest absolute Gasteiger partial charge is 0.294 e. The van der Waals surface area contributed by atoms with Crippen LogP contribution in [0.3, 0.4) is 0 Å². The van der Waals surface area contributed by atoms with Crippen molar-refractivity contribution in [2.45, 2.75) is 32.5 Å². The highest BCUT2D eigenvalue weighted by molar-refractivity contribution is 6.89. The topological polar surface area (TPSA) is 17.1 Å². The summed E-state index contributed by atoms with van der Waals surface area (Å²) in [5.41, 5.74) is 4.22. The fourth-order valence-corrected chi connectivity index (χ4v) is 5.84. The highest BCUT2D eigenvalue weighted by Gasteiger charge is 2.24. The molecule has 3 rings (SSSR count). The van der Waals surface area contributed by atoms with Gasteiger partial charge in [-0.3, -0.25) is 4.79 Å². The molecule has 0 aromatic heterocycles. The molecule has 1 nitrogen and oxygen atoms in total. The lowest BCUT2D eigenvalue weighted by atomic mass is 9.92. The third kappa shape index (κ3) is 4.02. The van der Waals surface area contributed by atoms with Crippen molar-refractivity contribution in [3.8, 4) is 11.1 Å². The van der Waals surface area contributed by atoms with E-state index in [1.807, 2.05) is 18.2 Å². The Morgan fingerprint density at radius 3 is 2.04 bits per heavy atom. The van der Waals surface area contributed by atoms with Gasteiger partial charge in [0.2, 0.25) is 0 Å². The van der Waals surface area contributed by atoms with Gasteiger partial charge in [-0.25, -0.2) is 0 Å². The van der Waals surface area contributed by atoms with Crippen molar-refractivity contribution in [2.24, 2.45) is 0 Å². The van der Waals surface area contributed by atoms with E-state index in [-0.39, 0.29) is 5.78 Å². The number of rotatable bonds is 6. The summed E-state index contributed by atoms with van der Waals surface area (Å²) in [6, 6.07) is 28.4. The van der Waals surface area contributed by atoms with Crippen molar-refractivity contribution in [3.63, 3.8) is 0 Å². The summed E-state index contributed by atoms with van der Waals surface area (Å²) in [7, 11) is -1.53. The fourth-order valence-electron chi connectivity index (χ4n) is 3.56. The van der Waals surface area contributed by atoms with Gasteiger partial charge in [0.1, 0.15) is 0 Å². The molecule has 0 spiro atoms. The zero-order chi connectivity index (χ0) is 18.6. The van der Waals surface area contributed by atoms with Crippen molar-refractivity contribution in [2.75, 3.05) is 0 Å². The summed E-state index contributed by atoms with van der Waals surface area (Å²) < 4.78 is 0. The first kappa shape index (κ1) is 18.3. The van der Waals surface area contributed by atoms with Crippen LogP contribution in [0.25, 0.3) is 11.1 Å². The normalized spacial score (nSPS) is 11.3. The highest BCUT2D eigenvalue weighted by Crippen LogP contribution is 2.28. The number of hydrogen-bond acceptors (Lipinski definition) is 1. The lowest BCUT2D eigenvalue weighted by Crippen LogP contribution is -2.41. The predicted molar refractivity (Wildman–Crippen MR) is 114 cm³/mol. The maximum absolute atomic E-state index is 12.5. The zero-order valence-electron chi connectivity index (χ0n) is 15.8. The minimum Gasteiger partial charge on any atom is -0.294 e. The Bertz CT molecular complexity index is 883. The number of aryl methyl sites for hydroxylation is 1. The van der Waals surface area contributed by atoms with Crippen LogP contribution in [0.2, 0.25) is 19.1 Å². The van der Waals surface area contributed by atoms with Crippen LogP contribution in [-0.2, 0) is 6.42 Å². The van der Waals surface area contributed by atoms with E-state index in [0.717, 1.165) is 29.2 Å². The first-order valence-electron chi connectivity index (χ1n) is 9.23. The van der Waals surface area contributed by atoms with E-state index in [1.54, 1.807) is 6.92 Å². The number of benzene rings is 3. The van der Waals surface area contributed by atoms with E-state index in [0.29, 0.717) is 0 Å².